The maximum absolute atomic E-state index is 10.3. The van der Waals surface area contributed by atoms with Gasteiger partial charge in [0.2, 0.25) is 5.88 Å². The third kappa shape index (κ3) is 1.97. The van der Waals surface area contributed by atoms with E-state index >= 15 is 0 Å². The summed E-state index contributed by atoms with van der Waals surface area (Å²) in [4.78, 5) is 4.18. The number of aromatic nitrogens is 1. The Labute approximate surface area is 90.1 Å². The van der Waals surface area contributed by atoms with Gasteiger partial charge >= 0.3 is 0 Å². The highest BCUT2D eigenvalue weighted by Crippen LogP contribution is 2.44. The van der Waals surface area contributed by atoms with Crippen LogP contribution in [0, 0.1) is 0 Å². The molecule has 2 rings (SSSR count). The van der Waals surface area contributed by atoms with E-state index in [-0.39, 0.29) is 6.10 Å². The van der Waals surface area contributed by atoms with Crippen LogP contribution < -0.4 is 4.74 Å². The molecule has 1 heterocycles. The van der Waals surface area contributed by atoms with Crippen molar-refractivity contribution in [3.8, 4) is 5.88 Å². The summed E-state index contributed by atoms with van der Waals surface area (Å²) in [5.74, 6) is 0.578. The first kappa shape index (κ1) is 10.4. The molecule has 82 valence electrons. The lowest BCUT2D eigenvalue weighted by molar-refractivity contribution is -0.0418. The summed E-state index contributed by atoms with van der Waals surface area (Å²) >= 11 is 0. The fourth-order valence-electron chi connectivity index (χ4n) is 1.84. The summed E-state index contributed by atoms with van der Waals surface area (Å²) < 4.78 is 5.60. The lowest BCUT2D eigenvalue weighted by Gasteiger charge is -2.37. The Balaban J connectivity index is 2.29. The Morgan fingerprint density at radius 1 is 1.47 bits per heavy atom. The molecule has 0 radical (unpaired) electrons. The summed E-state index contributed by atoms with van der Waals surface area (Å²) in [6.45, 7) is 3.92. The van der Waals surface area contributed by atoms with Crippen LogP contribution >= 0.6 is 0 Å². The van der Waals surface area contributed by atoms with Gasteiger partial charge in [0.25, 0.3) is 0 Å². The predicted octanol–water partition coefficient (Wildman–Crippen LogP) is 2.24. The molecule has 3 heteroatoms. The van der Waals surface area contributed by atoms with Crippen molar-refractivity contribution in [3.05, 3.63) is 23.9 Å². The van der Waals surface area contributed by atoms with Crippen LogP contribution in [0.3, 0.4) is 0 Å². The van der Waals surface area contributed by atoms with Gasteiger partial charge < -0.3 is 9.84 Å². The van der Waals surface area contributed by atoms with E-state index in [4.69, 9.17) is 4.74 Å². The maximum atomic E-state index is 10.3. The molecule has 1 fully saturated rings. The minimum atomic E-state index is -0.696. The lowest BCUT2D eigenvalue weighted by atomic mass is 9.75. The zero-order chi connectivity index (χ0) is 10.9. The minimum absolute atomic E-state index is 0.0855. The van der Waals surface area contributed by atoms with Crippen molar-refractivity contribution in [3.63, 3.8) is 0 Å². The molecule has 0 saturated heterocycles. The monoisotopic (exact) mass is 207 g/mol. The third-order valence-corrected chi connectivity index (χ3v) is 2.80. The zero-order valence-electron chi connectivity index (χ0n) is 9.23. The second-order valence-electron chi connectivity index (χ2n) is 4.41. The Morgan fingerprint density at radius 3 is 2.73 bits per heavy atom. The van der Waals surface area contributed by atoms with Gasteiger partial charge in [-0.3, -0.25) is 0 Å². The molecule has 1 N–H and O–H groups in total. The number of hydrogen-bond donors (Lipinski definition) is 1. The van der Waals surface area contributed by atoms with E-state index in [1.165, 1.54) is 0 Å². The van der Waals surface area contributed by atoms with Crippen LogP contribution in [0.1, 0.15) is 38.7 Å². The molecule has 0 spiro atoms. The first-order valence-corrected chi connectivity index (χ1v) is 5.46. The first-order valence-electron chi connectivity index (χ1n) is 5.46. The van der Waals surface area contributed by atoms with Gasteiger partial charge in [-0.2, -0.15) is 0 Å². The van der Waals surface area contributed by atoms with Crippen LogP contribution in [0.15, 0.2) is 18.3 Å². The smallest absolute Gasteiger partial charge is 0.219 e. The van der Waals surface area contributed by atoms with Gasteiger partial charge in [0.1, 0.15) is 0 Å². The van der Waals surface area contributed by atoms with Crippen LogP contribution in [-0.4, -0.2) is 16.2 Å². The second kappa shape index (κ2) is 3.81. The van der Waals surface area contributed by atoms with Crippen molar-refractivity contribution in [2.45, 2.75) is 44.8 Å². The summed E-state index contributed by atoms with van der Waals surface area (Å²) in [5, 5.41) is 10.3. The Kier molecular flexibility index (Phi) is 2.65. The Morgan fingerprint density at radius 2 is 2.20 bits per heavy atom. The topological polar surface area (TPSA) is 42.4 Å². The van der Waals surface area contributed by atoms with Crippen LogP contribution in [0.25, 0.3) is 0 Å². The van der Waals surface area contributed by atoms with Gasteiger partial charge in [0.15, 0.2) is 0 Å². The van der Waals surface area contributed by atoms with E-state index in [2.05, 4.69) is 4.98 Å². The molecule has 0 unspecified atom stereocenters. The van der Waals surface area contributed by atoms with Gasteiger partial charge in [0.05, 0.1) is 11.7 Å². The van der Waals surface area contributed by atoms with E-state index in [0.717, 1.165) is 24.8 Å². The lowest BCUT2D eigenvalue weighted by Crippen LogP contribution is -2.34. The predicted molar refractivity (Wildman–Crippen MR) is 57.7 cm³/mol. The second-order valence-corrected chi connectivity index (χ2v) is 4.41. The average molecular weight is 207 g/mol. The van der Waals surface area contributed by atoms with E-state index in [1.807, 2.05) is 26.0 Å². The van der Waals surface area contributed by atoms with Crippen molar-refractivity contribution in [2.75, 3.05) is 0 Å². The summed E-state index contributed by atoms with van der Waals surface area (Å²) in [7, 11) is 0. The number of pyridine rings is 1. The highest BCUT2D eigenvalue weighted by atomic mass is 16.5. The number of nitrogens with zero attached hydrogens (tertiary/aromatic N) is 1. The van der Waals surface area contributed by atoms with Crippen LogP contribution in [0.5, 0.6) is 5.88 Å². The van der Waals surface area contributed by atoms with Gasteiger partial charge in [0, 0.05) is 11.8 Å². The molecule has 0 aliphatic heterocycles. The SMILES string of the molecule is CC(C)Oc1ncccc1C1(O)CCC1. The van der Waals surface area contributed by atoms with Gasteiger partial charge in [-0.25, -0.2) is 4.98 Å². The van der Waals surface area contributed by atoms with Gasteiger partial charge in [-0.1, -0.05) is 0 Å². The van der Waals surface area contributed by atoms with Crippen molar-refractivity contribution in [1.82, 2.24) is 4.98 Å². The molecule has 1 aliphatic rings. The highest BCUT2D eigenvalue weighted by Gasteiger charge is 2.39. The molecule has 1 aromatic rings. The molecule has 0 amide bonds. The minimum Gasteiger partial charge on any atom is -0.475 e. The molecule has 0 bridgehead atoms. The summed E-state index contributed by atoms with van der Waals surface area (Å²) in [6.07, 6.45) is 4.48. The van der Waals surface area contributed by atoms with E-state index < -0.39 is 5.60 Å². The summed E-state index contributed by atoms with van der Waals surface area (Å²) in [6, 6.07) is 3.75. The molecule has 1 saturated carbocycles. The number of hydrogen-bond acceptors (Lipinski definition) is 3. The van der Waals surface area contributed by atoms with Crippen LogP contribution in [-0.2, 0) is 5.60 Å². The molecule has 3 nitrogen and oxygen atoms in total. The van der Waals surface area contributed by atoms with Crippen molar-refractivity contribution in [2.24, 2.45) is 0 Å². The Hall–Kier alpha value is -1.09. The largest absolute Gasteiger partial charge is 0.475 e. The first-order chi connectivity index (χ1) is 7.12. The fourth-order valence-corrected chi connectivity index (χ4v) is 1.84. The Bertz CT molecular complexity index is 345. The highest BCUT2D eigenvalue weighted by molar-refractivity contribution is 5.33. The van der Waals surface area contributed by atoms with Gasteiger partial charge in [-0.15, -0.1) is 0 Å². The van der Waals surface area contributed by atoms with Crippen LogP contribution in [0.2, 0.25) is 0 Å². The van der Waals surface area contributed by atoms with Crippen molar-refractivity contribution < 1.29 is 9.84 Å². The van der Waals surface area contributed by atoms with E-state index in [0.29, 0.717) is 5.88 Å². The number of aliphatic hydroxyl groups is 1. The molecular weight excluding hydrogens is 190 g/mol. The quantitative estimate of drug-likeness (QED) is 0.826. The van der Waals surface area contributed by atoms with Crippen LogP contribution in [0.4, 0.5) is 0 Å². The molecular formula is C12H17NO2. The average Bonchev–Trinajstić information content (AvgIpc) is 2.14. The number of rotatable bonds is 3. The normalized spacial score (nSPS) is 18.7. The molecule has 15 heavy (non-hydrogen) atoms. The molecule has 1 aromatic heterocycles. The molecule has 0 atom stereocenters. The maximum Gasteiger partial charge on any atom is 0.219 e. The summed E-state index contributed by atoms with van der Waals surface area (Å²) in [5.41, 5.74) is 0.142. The van der Waals surface area contributed by atoms with E-state index in [1.54, 1.807) is 6.20 Å². The third-order valence-electron chi connectivity index (χ3n) is 2.80. The van der Waals surface area contributed by atoms with E-state index in [9.17, 15) is 5.11 Å². The van der Waals surface area contributed by atoms with Crippen molar-refractivity contribution >= 4 is 0 Å². The fraction of sp³-hybridized carbons (Fsp3) is 0.583. The van der Waals surface area contributed by atoms with Crippen molar-refractivity contribution in [1.29, 1.82) is 0 Å². The molecule has 0 aromatic carbocycles. The zero-order valence-corrected chi connectivity index (χ0v) is 9.23. The number of ether oxygens (including phenoxy) is 1. The molecule has 1 aliphatic carbocycles. The standard InChI is InChI=1S/C12H17NO2/c1-9(2)15-11-10(5-3-8-13-11)12(14)6-4-7-12/h3,5,8-9,14H,4,6-7H2,1-2H3. The van der Waals surface area contributed by atoms with Gasteiger partial charge in [-0.05, 0) is 45.2 Å².